The van der Waals surface area contributed by atoms with E-state index in [-0.39, 0.29) is 10.1 Å². The number of amides is 1. The quantitative estimate of drug-likeness (QED) is 0.640. The minimum atomic E-state index is -1.36. The Morgan fingerprint density at radius 1 is 1.42 bits per heavy atom. The third-order valence-electron chi connectivity index (χ3n) is 2.35. The molecule has 1 N–H and O–H groups in total. The highest BCUT2D eigenvalue weighted by Crippen LogP contribution is 2.32. The van der Waals surface area contributed by atoms with Crippen molar-refractivity contribution in [2.45, 2.75) is 0 Å². The van der Waals surface area contributed by atoms with Gasteiger partial charge in [0.2, 0.25) is 0 Å². The molecule has 1 aliphatic rings. The molecule has 0 unspecified atom stereocenters. The van der Waals surface area contributed by atoms with Gasteiger partial charge in [0, 0.05) is 0 Å². The number of hydrogen-bond acceptors (Lipinski definition) is 6. The summed E-state index contributed by atoms with van der Waals surface area (Å²) < 4.78 is 0.194. The summed E-state index contributed by atoms with van der Waals surface area (Å²) in [6.45, 7) is -0.544. The Morgan fingerprint density at radius 3 is 2.63 bits per heavy atom. The third-order valence-corrected chi connectivity index (χ3v) is 3.73. The van der Waals surface area contributed by atoms with Gasteiger partial charge < -0.3 is 15.0 Å². The Morgan fingerprint density at radius 2 is 2.05 bits per heavy atom. The average Bonchev–Trinajstić information content (AvgIpc) is 2.60. The SMILES string of the molecule is O=C([O-])CN1C(=O)/C(=C/c2ccc(O)cc2)SC1=S. The maximum atomic E-state index is 11.9. The van der Waals surface area contributed by atoms with Gasteiger partial charge in [-0.1, -0.05) is 36.1 Å². The summed E-state index contributed by atoms with van der Waals surface area (Å²) >= 11 is 5.98. The van der Waals surface area contributed by atoms with Crippen LogP contribution in [0.5, 0.6) is 5.75 Å². The van der Waals surface area contributed by atoms with E-state index < -0.39 is 18.4 Å². The van der Waals surface area contributed by atoms with Crippen LogP contribution in [0.4, 0.5) is 0 Å². The van der Waals surface area contributed by atoms with Crippen LogP contribution in [0.15, 0.2) is 29.2 Å². The van der Waals surface area contributed by atoms with Gasteiger partial charge >= 0.3 is 0 Å². The van der Waals surface area contributed by atoms with Crippen molar-refractivity contribution in [2.24, 2.45) is 0 Å². The first-order chi connectivity index (χ1) is 8.97. The van der Waals surface area contributed by atoms with E-state index in [1.165, 1.54) is 12.1 Å². The van der Waals surface area contributed by atoms with Gasteiger partial charge in [0.25, 0.3) is 5.91 Å². The molecule has 2 rings (SSSR count). The van der Waals surface area contributed by atoms with Gasteiger partial charge in [0.1, 0.15) is 10.1 Å². The highest BCUT2D eigenvalue weighted by molar-refractivity contribution is 8.26. The first kappa shape index (κ1) is 13.6. The van der Waals surface area contributed by atoms with Gasteiger partial charge in [-0.3, -0.25) is 9.69 Å². The Labute approximate surface area is 118 Å². The summed E-state index contributed by atoms with van der Waals surface area (Å²) in [4.78, 5) is 23.8. The number of thioether (sulfide) groups is 1. The van der Waals surface area contributed by atoms with Crippen molar-refractivity contribution in [3.63, 3.8) is 0 Å². The molecular weight excluding hydrogens is 286 g/mol. The van der Waals surface area contributed by atoms with Crippen LogP contribution in [0.3, 0.4) is 0 Å². The van der Waals surface area contributed by atoms with E-state index in [9.17, 15) is 14.7 Å². The second-order valence-corrected chi connectivity index (χ2v) is 5.41. The lowest BCUT2D eigenvalue weighted by Crippen LogP contribution is -2.40. The molecule has 0 bridgehead atoms. The number of benzene rings is 1. The van der Waals surface area contributed by atoms with Crippen molar-refractivity contribution in [3.05, 3.63) is 34.7 Å². The van der Waals surface area contributed by atoms with Gasteiger partial charge in [-0.05, 0) is 23.8 Å². The maximum Gasteiger partial charge on any atom is 0.266 e. The third kappa shape index (κ3) is 3.12. The molecule has 98 valence electrons. The standard InChI is InChI=1S/C12H9NO4S2/c14-8-3-1-7(2-4-8)5-9-11(17)13(6-10(15)16)12(18)19-9/h1-5,14H,6H2,(H,15,16)/p-1/b9-5-. The predicted molar refractivity (Wildman–Crippen MR) is 73.0 cm³/mol. The summed E-state index contributed by atoms with van der Waals surface area (Å²) in [6.07, 6.45) is 1.59. The summed E-state index contributed by atoms with van der Waals surface area (Å²) in [6, 6.07) is 6.27. The molecule has 1 heterocycles. The van der Waals surface area contributed by atoms with E-state index in [0.717, 1.165) is 16.7 Å². The highest BCUT2D eigenvalue weighted by atomic mass is 32.2. The van der Waals surface area contributed by atoms with E-state index in [4.69, 9.17) is 17.3 Å². The lowest BCUT2D eigenvalue weighted by atomic mass is 10.2. The van der Waals surface area contributed by atoms with Crippen LogP contribution in [0.25, 0.3) is 6.08 Å². The van der Waals surface area contributed by atoms with Crippen LogP contribution in [0.1, 0.15) is 5.56 Å². The number of phenolic OH excluding ortho intramolecular Hbond substituents is 1. The molecule has 1 aliphatic heterocycles. The molecule has 0 saturated carbocycles. The summed E-state index contributed by atoms with van der Waals surface area (Å²) in [5.41, 5.74) is 0.715. The largest absolute Gasteiger partial charge is 0.548 e. The second-order valence-electron chi connectivity index (χ2n) is 3.73. The van der Waals surface area contributed by atoms with Crippen LogP contribution < -0.4 is 5.11 Å². The molecule has 1 aromatic carbocycles. The Balaban J connectivity index is 2.23. The second kappa shape index (κ2) is 5.41. The molecule has 0 spiro atoms. The van der Waals surface area contributed by atoms with E-state index in [0.29, 0.717) is 10.5 Å². The van der Waals surface area contributed by atoms with Crippen LogP contribution in [-0.4, -0.2) is 32.7 Å². The number of nitrogens with zero attached hydrogens (tertiary/aromatic N) is 1. The monoisotopic (exact) mass is 294 g/mol. The fraction of sp³-hybridized carbons (Fsp3) is 0.0833. The van der Waals surface area contributed by atoms with Gasteiger partial charge in [-0.15, -0.1) is 0 Å². The number of carbonyl (C=O) groups excluding carboxylic acids is 2. The zero-order chi connectivity index (χ0) is 14.0. The number of thiocarbonyl (C=S) groups is 1. The number of carbonyl (C=O) groups is 2. The molecule has 19 heavy (non-hydrogen) atoms. The Bertz CT molecular complexity index is 580. The Kier molecular flexibility index (Phi) is 3.87. The fourth-order valence-electron chi connectivity index (χ4n) is 1.49. The maximum absolute atomic E-state index is 11.9. The van der Waals surface area contributed by atoms with Crippen molar-refractivity contribution in [2.75, 3.05) is 6.54 Å². The highest BCUT2D eigenvalue weighted by Gasteiger charge is 2.31. The van der Waals surface area contributed by atoms with Crippen molar-refractivity contribution in [1.82, 2.24) is 4.90 Å². The normalized spacial score (nSPS) is 17.3. The van der Waals surface area contributed by atoms with Gasteiger partial charge in [0.05, 0.1) is 17.4 Å². The molecule has 0 radical (unpaired) electrons. The molecule has 0 atom stereocenters. The molecule has 1 saturated heterocycles. The number of aliphatic carboxylic acids is 1. The van der Waals surface area contributed by atoms with Crippen LogP contribution in [0.2, 0.25) is 0 Å². The number of aromatic hydroxyl groups is 1. The molecule has 1 amide bonds. The number of phenols is 1. The summed E-state index contributed by atoms with van der Waals surface area (Å²) in [5, 5.41) is 19.7. The molecular formula is C12H8NO4S2-. The minimum absolute atomic E-state index is 0.127. The number of rotatable bonds is 3. The van der Waals surface area contributed by atoms with Crippen LogP contribution >= 0.6 is 24.0 Å². The molecule has 5 nitrogen and oxygen atoms in total. The van der Waals surface area contributed by atoms with Crippen LogP contribution in [-0.2, 0) is 9.59 Å². The predicted octanol–water partition coefficient (Wildman–Crippen LogP) is 0.343. The smallest absolute Gasteiger partial charge is 0.266 e. The lowest BCUT2D eigenvalue weighted by Gasteiger charge is -2.14. The number of carboxylic acid groups (broad SMARTS) is 1. The van der Waals surface area contributed by atoms with Gasteiger partial charge in [0.15, 0.2) is 0 Å². The Hall–Kier alpha value is -1.86. The molecule has 0 aliphatic carbocycles. The van der Waals surface area contributed by atoms with E-state index in [1.807, 2.05) is 0 Å². The zero-order valence-electron chi connectivity index (χ0n) is 9.53. The minimum Gasteiger partial charge on any atom is -0.548 e. The zero-order valence-corrected chi connectivity index (χ0v) is 11.2. The average molecular weight is 294 g/mol. The fourth-order valence-corrected chi connectivity index (χ4v) is 2.74. The first-order valence-electron chi connectivity index (χ1n) is 5.21. The summed E-state index contributed by atoms with van der Waals surface area (Å²) in [7, 11) is 0. The van der Waals surface area contributed by atoms with E-state index in [2.05, 4.69) is 0 Å². The molecule has 1 fully saturated rings. The van der Waals surface area contributed by atoms with Gasteiger partial charge in [-0.2, -0.15) is 0 Å². The van der Waals surface area contributed by atoms with Crippen molar-refractivity contribution >= 4 is 46.3 Å². The molecule has 1 aromatic rings. The topological polar surface area (TPSA) is 80.7 Å². The lowest BCUT2D eigenvalue weighted by molar-refractivity contribution is -0.305. The molecule has 0 aromatic heterocycles. The van der Waals surface area contributed by atoms with Crippen molar-refractivity contribution in [1.29, 1.82) is 0 Å². The van der Waals surface area contributed by atoms with Crippen molar-refractivity contribution < 1.29 is 19.8 Å². The van der Waals surface area contributed by atoms with Gasteiger partial charge in [-0.25, -0.2) is 0 Å². The van der Waals surface area contributed by atoms with E-state index >= 15 is 0 Å². The first-order valence-corrected chi connectivity index (χ1v) is 6.44. The summed E-state index contributed by atoms with van der Waals surface area (Å²) in [5.74, 6) is -1.68. The number of carboxylic acids is 1. The van der Waals surface area contributed by atoms with Crippen LogP contribution in [0, 0.1) is 0 Å². The number of hydrogen-bond donors (Lipinski definition) is 1. The van der Waals surface area contributed by atoms with Crippen molar-refractivity contribution in [3.8, 4) is 5.75 Å². The van der Waals surface area contributed by atoms with E-state index in [1.54, 1.807) is 18.2 Å². The molecule has 7 heteroatoms.